The number of amides is 1. The number of nitriles is 1. The zero-order valence-electron chi connectivity index (χ0n) is 17.7. The molecule has 8 heteroatoms. The number of aromatic nitrogens is 3. The number of thioether (sulfide) groups is 1. The number of benzene rings is 1. The van der Waals surface area contributed by atoms with Gasteiger partial charge in [-0.3, -0.25) is 9.36 Å². The highest BCUT2D eigenvalue weighted by Crippen LogP contribution is 2.35. The van der Waals surface area contributed by atoms with Crippen molar-refractivity contribution in [3.8, 4) is 17.5 Å². The molecular formula is C22H28BrN5OS. The van der Waals surface area contributed by atoms with Crippen LogP contribution in [0.25, 0.3) is 11.4 Å². The van der Waals surface area contributed by atoms with Gasteiger partial charge in [0.2, 0.25) is 5.91 Å². The van der Waals surface area contributed by atoms with Crippen molar-refractivity contribution in [3.63, 3.8) is 0 Å². The lowest BCUT2D eigenvalue weighted by Crippen LogP contribution is -2.49. The molecule has 1 aliphatic rings. The minimum atomic E-state index is -0.878. The van der Waals surface area contributed by atoms with Crippen LogP contribution in [0.15, 0.2) is 33.9 Å². The molecule has 2 aromatic rings. The van der Waals surface area contributed by atoms with Crippen LogP contribution < -0.4 is 5.32 Å². The van der Waals surface area contributed by atoms with E-state index < -0.39 is 5.54 Å². The number of carbonyl (C=O) groups is 1. The van der Waals surface area contributed by atoms with Crippen LogP contribution in [-0.4, -0.2) is 32.0 Å². The van der Waals surface area contributed by atoms with E-state index in [-0.39, 0.29) is 17.6 Å². The highest BCUT2D eigenvalue weighted by molar-refractivity contribution is 9.10. The Labute approximate surface area is 191 Å². The van der Waals surface area contributed by atoms with Crippen molar-refractivity contribution in [1.29, 1.82) is 5.26 Å². The van der Waals surface area contributed by atoms with Gasteiger partial charge in [0, 0.05) is 16.1 Å². The van der Waals surface area contributed by atoms with Gasteiger partial charge >= 0.3 is 0 Å². The van der Waals surface area contributed by atoms with Gasteiger partial charge in [0.15, 0.2) is 11.0 Å². The molecule has 0 radical (unpaired) electrons. The van der Waals surface area contributed by atoms with Crippen LogP contribution in [-0.2, 0) is 4.79 Å². The summed E-state index contributed by atoms with van der Waals surface area (Å²) in [5, 5.41) is 22.0. The molecule has 0 aliphatic heterocycles. The quantitative estimate of drug-likeness (QED) is 0.529. The van der Waals surface area contributed by atoms with Crippen molar-refractivity contribution in [2.24, 2.45) is 5.92 Å². The normalized spacial score (nSPS) is 16.8. The smallest absolute Gasteiger partial charge is 0.231 e. The summed E-state index contributed by atoms with van der Waals surface area (Å²) < 4.78 is 3.23. The van der Waals surface area contributed by atoms with Gasteiger partial charge in [-0.1, -0.05) is 72.9 Å². The maximum Gasteiger partial charge on any atom is 0.231 e. The predicted molar refractivity (Wildman–Crippen MR) is 123 cm³/mol. The Balaban J connectivity index is 1.81. The van der Waals surface area contributed by atoms with Crippen molar-refractivity contribution in [1.82, 2.24) is 20.1 Å². The minimum Gasteiger partial charge on any atom is -0.337 e. The molecule has 1 saturated carbocycles. The molecule has 1 fully saturated rings. The van der Waals surface area contributed by atoms with Gasteiger partial charge in [0.25, 0.3) is 0 Å². The molecular weight excluding hydrogens is 462 g/mol. The van der Waals surface area contributed by atoms with Crippen molar-refractivity contribution < 1.29 is 4.79 Å². The maximum absolute atomic E-state index is 12.6. The summed E-state index contributed by atoms with van der Waals surface area (Å²) in [6.45, 7) is 5.62. The Hall–Kier alpha value is -1.85. The van der Waals surface area contributed by atoms with Crippen molar-refractivity contribution in [2.75, 3.05) is 5.75 Å². The first-order chi connectivity index (χ1) is 14.3. The summed E-state index contributed by atoms with van der Waals surface area (Å²) in [5.74, 6) is 0.906. The Morgan fingerprint density at radius 2 is 1.97 bits per heavy atom. The Morgan fingerprint density at radius 3 is 2.57 bits per heavy atom. The van der Waals surface area contributed by atoms with E-state index in [1.54, 1.807) is 6.92 Å². The highest BCUT2D eigenvalue weighted by Gasteiger charge is 2.30. The molecule has 3 rings (SSSR count). The number of halogens is 1. The van der Waals surface area contributed by atoms with Crippen molar-refractivity contribution in [2.45, 2.75) is 69.6 Å². The van der Waals surface area contributed by atoms with Gasteiger partial charge in [0.05, 0.1) is 11.8 Å². The molecule has 0 spiro atoms. The fourth-order valence-corrected chi connectivity index (χ4v) is 4.67. The lowest BCUT2D eigenvalue weighted by Gasteiger charge is -2.27. The first-order valence-corrected chi connectivity index (χ1v) is 12.2. The maximum atomic E-state index is 12.6. The third-order valence-corrected chi connectivity index (χ3v) is 7.30. The number of rotatable bonds is 7. The summed E-state index contributed by atoms with van der Waals surface area (Å²) in [6.07, 6.45) is 5.85. The van der Waals surface area contributed by atoms with Crippen LogP contribution >= 0.6 is 27.7 Å². The van der Waals surface area contributed by atoms with Crippen LogP contribution in [0, 0.1) is 17.2 Å². The lowest BCUT2D eigenvalue weighted by atomic mass is 9.90. The number of hydrogen-bond donors (Lipinski definition) is 1. The monoisotopic (exact) mass is 489 g/mol. The largest absolute Gasteiger partial charge is 0.337 e. The second kappa shape index (κ2) is 9.97. The van der Waals surface area contributed by atoms with Gasteiger partial charge in [-0.15, -0.1) is 10.2 Å². The van der Waals surface area contributed by atoms with E-state index in [1.807, 2.05) is 38.1 Å². The van der Waals surface area contributed by atoms with Gasteiger partial charge in [-0.25, -0.2) is 0 Å². The van der Waals surface area contributed by atoms with Gasteiger partial charge in [0.1, 0.15) is 5.54 Å². The van der Waals surface area contributed by atoms with Gasteiger partial charge in [-0.2, -0.15) is 5.26 Å². The van der Waals surface area contributed by atoms with Gasteiger partial charge < -0.3 is 5.32 Å². The highest BCUT2D eigenvalue weighted by atomic mass is 79.9. The van der Waals surface area contributed by atoms with Crippen LogP contribution in [0.1, 0.15) is 58.9 Å². The molecule has 160 valence electrons. The summed E-state index contributed by atoms with van der Waals surface area (Å²) in [4.78, 5) is 12.6. The standard InChI is InChI=1S/C22H28BrN5OS/c1-15(2)22(3,14-24)25-19(29)13-30-21-27-26-20(16-9-11-17(23)12-10-16)28(21)18-7-5-4-6-8-18/h9-12,15,18H,4-8,13H2,1-3H3,(H,25,29)/t22-/m0/s1. The molecule has 1 amide bonds. The average molecular weight is 490 g/mol. The van der Waals surface area contributed by atoms with Crippen LogP contribution in [0.5, 0.6) is 0 Å². The van der Waals surface area contributed by atoms with Crippen LogP contribution in [0.4, 0.5) is 0 Å². The third kappa shape index (κ3) is 5.25. The Morgan fingerprint density at radius 1 is 1.30 bits per heavy atom. The molecule has 0 saturated heterocycles. The SMILES string of the molecule is CC(C)[C@](C)(C#N)NC(=O)CSc1nnc(-c2ccc(Br)cc2)n1C1CCCCC1. The predicted octanol–water partition coefficient (Wildman–Crippen LogP) is 5.36. The number of nitrogens with zero attached hydrogens (tertiary/aromatic N) is 4. The lowest BCUT2D eigenvalue weighted by molar-refractivity contribution is -0.120. The fourth-order valence-electron chi connectivity index (χ4n) is 3.60. The van der Waals surface area contributed by atoms with E-state index >= 15 is 0 Å². The van der Waals surface area contributed by atoms with Crippen molar-refractivity contribution >= 4 is 33.6 Å². The molecule has 1 N–H and O–H groups in total. The first kappa shape index (κ1) is 22.8. The second-order valence-corrected chi connectivity index (χ2v) is 10.1. The van der Waals surface area contributed by atoms with E-state index in [4.69, 9.17) is 0 Å². The van der Waals surface area contributed by atoms with Gasteiger partial charge in [-0.05, 0) is 37.8 Å². The molecule has 1 heterocycles. The average Bonchev–Trinajstić information content (AvgIpc) is 3.17. The summed E-state index contributed by atoms with van der Waals surface area (Å²) >= 11 is 4.87. The summed E-state index contributed by atoms with van der Waals surface area (Å²) in [6, 6.07) is 10.7. The van der Waals surface area contributed by atoms with Crippen molar-refractivity contribution in [3.05, 3.63) is 28.7 Å². The summed E-state index contributed by atoms with van der Waals surface area (Å²) in [5.41, 5.74) is 0.140. The minimum absolute atomic E-state index is 0.0198. The second-order valence-electron chi connectivity index (χ2n) is 8.28. The van der Waals surface area contributed by atoms with E-state index in [1.165, 1.54) is 31.0 Å². The van der Waals surface area contributed by atoms with Crippen LogP contribution in [0.3, 0.4) is 0 Å². The Kier molecular flexibility index (Phi) is 7.59. The third-order valence-electron chi connectivity index (χ3n) is 5.83. The molecule has 30 heavy (non-hydrogen) atoms. The molecule has 1 aliphatic carbocycles. The van der Waals surface area contributed by atoms with E-state index in [0.29, 0.717) is 6.04 Å². The molecule has 1 aromatic heterocycles. The molecule has 0 unspecified atom stereocenters. The number of nitrogens with one attached hydrogen (secondary N) is 1. The molecule has 6 nitrogen and oxygen atoms in total. The first-order valence-electron chi connectivity index (χ1n) is 10.4. The van der Waals surface area contributed by atoms with E-state index in [9.17, 15) is 10.1 Å². The molecule has 1 aromatic carbocycles. The van der Waals surface area contributed by atoms with Crippen LogP contribution in [0.2, 0.25) is 0 Å². The molecule has 1 atom stereocenters. The topological polar surface area (TPSA) is 83.6 Å². The van der Waals surface area contributed by atoms with E-state index in [0.717, 1.165) is 33.9 Å². The summed E-state index contributed by atoms with van der Waals surface area (Å²) in [7, 11) is 0. The number of hydrogen-bond acceptors (Lipinski definition) is 5. The number of carbonyl (C=O) groups excluding carboxylic acids is 1. The van der Waals surface area contributed by atoms with E-state index in [2.05, 4.69) is 42.1 Å². The molecule has 0 bridgehead atoms. The zero-order valence-corrected chi connectivity index (χ0v) is 20.1. The Bertz CT molecular complexity index is 915. The zero-order chi connectivity index (χ0) is 21.7. The fraction of sp³-hybridized carbons (Fsp3) is 0.545.